The van der Waals surface area contributed by atoms with Crippen LogP contribution in [0, 0.1) is 0 Å². The molecule has 1 saturated heterocycles. The third-order valence-electron chi connectivity index (χ3n) is 7.62. The first-order valence-corrected chi connectivity index (χ1v) is 17.0. The predicted octanol–water partition coefficient (Wildman–Crippen LogP) is -1.02. The van der Waals surface area contributed by atoms with Gasteiger partial charge in [0.15, 0.2) is 17.4 Å². The number of β-lactam (4-membered cyclic amide) rings is 1. The SMILES string of the molecule is CC1(C)C(NC(=O)/C(=N\O[C@@H](COc2ccc(-c3cn4[n+](c3)CC(OCCCN)C4)cc2)C(=O)O)c2csc(N)n2)C(=O)N1OS(=O)(=O)[O-]. The van der Waals surface area contributed by atoms with Gasteiger partial charge in [-0.15, -0.1) is 16.0 Å². The maximum atomic E-state index is 13.2. The van der Waals surface area contributed by atoms with Gasteiger partial charge in [-0.05, 0) is 44.5 Å². The number of carboxylic acids is 1. The first-order chi connectivity index (χ1) is 23.2. The Hall–Kier alpha value is -4.67. The summed E-state index contributed by atoms with van der Waals surface area (Å²) in [4.78, 5) is 46.9. The van der Waals surface area contributed by atoms with Crippen molar-refractivity contribution in [1.29, 1.82) is 0 Å². The number of hydrogen-bond donors (Lipinski definition) is 4. The number of nitrogen functional groups attached to an aromatic ring is 1. The zero-order valence-electron chi connectivity index (χ0n) is 26.3. The molecule has 1 unspecified atom stereocenters. The molecule has 4 heterocycles. The third-order valence-corrected chi connectivity index (χ3v) is 8.63. The van der Waals surface area contributed by atoms with Crippen molar-refractivity contribution in [3.8, 4) is 16.9 Å². The summed E-state index contributed by atoms with van der Waals surface area (Å²) in [7, 11) is -5.27. The Morgan fingerprint density at radius 1 is 1.29 bits per heavy atom. The average Bonchev–Trinajstić information content (AvgIpc) is 3.75. The molecule has 21 heteroatoms. The van der Waals surface area contributed by atoms with Gasteiger partial charge >= 0.3 is 5.97 Å². The number of nitrogens with zero attached hydrogens (tertiary/aromatic N) is 5. The van der Waals surface area contributed by atoms with Crippen LogP contribution in [0.5, 0.6) is 5.75 Å². The number of thiazole rings is 1. The molecule has 3 aromatic rings. The van der Waals surface area contributed by atoms with Crippen LogP contribution in [0.15, 0.2) is 47.2 Å². The first-order valence-electron chi connectivity index (χ1n) is 14.8. The molecule has 0 spiro atoms. The fourth-order valence-corrected chi connectivity index (χ4v) is 6.07. The van der Waals surface area contributed by atoms with Crippen molar-refractivity contribution < 1.29 is 55.7 Å². The summed E-state index contributed by atoms with van der Waals surface area (Å²) in [6.45, 7) is 4.83. The van der Waals surface area contributed by atoms with Crippen molar-refractivity contribution >= 4 is 50.4 Å². The van der Waals surface area contributed by atoms with Crippen molar-refractivity contribution in [3.05, 3.63) is 47.7 Å². The molecule has 2 atom stereocenters. The number of benzene rings is 1. The van der Waals surface area contributed by atoms with Crippen LogP contribution < -0.4 is 26.2 Å². The zero-order chi connectivity index (χ0) is 35.5. The Bertz CT molecular complexity index is 1820. The quantitative estimate of drug-likeness (QED) is 0.0262. The lowest BCUT2D eigenvalue weighted by molar-refractivity contribution is -0.760. The highest BCUT2D eigenvalue weighted by Crippen LogP contribution is 2.33. The second kappa shape index (κ2) is 14.4. The number of nitrogens with one attached hydrogen (secondary N) is 1. The van der Waals surface area contributed by atoms with Gasteiger partial charge in [0, 0.05) is 12.0 Å². The summed E-state index contributed by atoms with van der Waals surface area (Å²) in [6.07, 6.45) is 3.25. The molecule has 5 rings (SSSR count). The number of amides is 2. The van der Waals surface area contributed by atoms with Crippen molar-refractivity contribution in [1.82, 2.24) is 20.0 Å². The van der Waals surface area contributed by atoms with E-state index in [2.05, 4.69) is 29.1 Å². The number of oxime groups is 1. The topological polar surface area (TPSA) is 267 Å². The van der Waals surface area contributed by atoms with Crippen LogP contribution in [0.3, 0.4) is 0 Å². The highest BCUT2D eigenvalue weighted by Gasteiger charge is 2.57. The fraction of sp³-hybridized carbons (Fsp3) is 0.429. The molecule has 1 fully saturated rings. The maximum absolute atomic E-state index is 13.2. The molecular formula is C28H34N8O11S2. The van der Waals surface area contributed by atoms with E-state index < -0.39 is 58.2 Å². The molecule has 2 aliphatic rings. The highest BCUT2D eigenvalue weighted by molar-refractivity contribution is 7.80. The molecule has 264 valence electrons. The number of ether oxygens (including phenoxy) is 2. The number of carbonyl (C=O) groups excluding carboxylic acids is 2. The van der Waals surface area contributed by atoms with Gasteiger partial charge in [0.1, 0.15) is 36.7 Å². The lowest BCUT2D eigenvalue weighted by Crippen LogP contribution is -2.76. The van der Waals surface area contributed by atoms with Crippen LogP contribution in [-0.4, -0.2) is 99.8 Å². The highest BCUT2D eigenvalue weighted by atomic mass is 32.3. The van der Waals surface area contributed by atoms with Gasteiger partial charge in [0.2, 0.25) is 16.6 Å². The molecule has 0 aliphatic carbocycles. The number of hydroxylamine groups is 2. The Labute approximate surface area is 283 Å². The molecule has 0 radical (unpaired) electrons. The first kappa shape index (κ1) is 35.6. The molecule has 49 heavy (non-hydrogen) atoms. The summed E-state index contributed by atoms with van der Waals surface area (Å²) in [5.41, 5.74) is 11.0. The number of fused-ring (bicyclic) bond motifs is 1. The van der Waals surface area contributed by atoms with Gasteiger partial charge in [0.25, 0.3) is 17.9 Å². The molecule has 2 amide bonds. The van der Waals surface area contributed by atoms with E-state index in [1.165, 1.54) is 19.2 Å². The van der Waals surface area contributed by atoms with Crippen LogP contribution in [0.2, 0.25) is 0 Å². The normalized spacial score (nSPS) is 19.2. The number of aromatic nitrogens is 3. The molecule has 0 bridgehead atoms. The number of carboxylic acid groups (broad SMARTS) is 1. The van der Waals surface area contributed by atoms with Gasteiger partial charge in [0.05, 0.1) is 17.3 Å². The number of anilines is 1. The van der Waals surface area contributed by atoms with Crippen LogP contribution in [0.4, 0.5) is 5.13 Å². The zero-order valence-corrected chi connectivity index (χ0v) is 27.9. The lowest BCUT2D eigenvalue weighted by atomic mass is 9.84. The molecular weight excluding hydrogens is 688 g/mol. The fourth-order valence-electron chi connectivity index (χ4n) is 5.08. The number of nitrogens with two attached hydrogens (primary N) is 2. The Kier molecular flexibility index (Phi) is 10.5. The van der Waals surface area contributed by atoms with E-state index in [9.17, 15) is 32.5 Å². The van der Waals surface area contributed by atoms with Gasteiger partial charge in [-0.1, -0.05) is 17.3 Å². The van der Waals surface area contributed by atoms with E-state index in [4.69, 9.17) is 25.8 Å². The molecule has 1 aromatic carbocycles. The van der Waals surface area contributed by atoms with Crippen molar-refractivity contribution in [2.24, 2.45) is 10.9 Å². The number of rotatable bonds is 16. The standard InChI is InChI=1S/C28H34N8O11S2/c1-28(2)23(25(38)36(28)47-49(41,42)43)32-24(37)22(20-15-48-27(30)31-20)33-46-21(26(39)40)14-45-18-6-4-16(5-7-18)17-10-34-12-19(13-35(34)11-17)44-9-3-8-29/h4-7,10-11,15,19,21,23H,3,8-9,12-14,29H2,1-2H3,(H4-,30,31,32,37,39,40,41,42,43)/b33-22-/t21-,23?/m0/s1. The van der Waals surface area contributed by atoms with Crippen molar-refractivity contribution in [2.75, 3.05) is 25.5 Å². The summed E-state index contributed by atoms with van der Waals surface area (Å²) < 4.78 is 52.8. The van der Waals surface area contributed by atoms with Crippen LogP contribution in [-0.2, 0) is 51.7 Å². The second-order valence-electron chi connectivity index (χ2n) is 11.5. The number of aliphatic carboxylic acids is 1. The minimum Gasteiger partial charge on any atom is -0.724 e. The smallest absolute Gasteiger partial charge is 0.351 e. The van der Waals surface area contributed by atoms with Crippen molar-refractivity contribution in [2.45, 2.75) is 57.1 Å². The Morgan fingerprint density at radius 2 is 2.02 bits per heavy atom. The van der Waals surface area contributed by atoms with Gasteiger partial charge in [-0.25, -0.2) is 18.2 Å². The molecule has 0 saturated carbocycles. The largest absolute Gasteiger partial charge is 0.724 e. The number of carbonyl (C=O) groups is 3. The van der Waals surface area contributed by atoms with Gasteiger partial charge < -0.3 is 40.8 Å². The van der Waals surface area contributed by atoms with E-state index in [0.717, 1.165) is 42.0 Å². The van der Waals surface area contributed by atoms with E-state index in [1.807, 2.05) is 24.5 Å². The Balaban J connectivity index is 1.21. The van der Waals surface area contributed by atoms with Gasteiger partial charge in [-0.3, -0.25) is 9.59 Å². The molecule has 6 N–H and O–H groups in total. The summed E-state index contributed by atoms with van der Waals surface area (Å²) >= 11 is 0.954. The van der Waals surface area contributed by atoms with Crippen LogP contribution in [0.25, 0.3) is 11.1 Å². The van der Waals surface area contributed by atoms with Crippen molar-refractivity contribution in [3.63, 3.8) is 0 Å². The predicted molar refractivity (Wildman–Crippen MR) is 168 cm³/mol. The number of hydrogen-bond acceptors (Lipinski definition) is 15. The van der Waals surface area contributed by atoms with E-state index in [-0.39, 0.29) is 16.9 Å². The summed E-state index contributed by atoms with van der Waals surface area (Å²) in [5.74, 6) is -3.17. The van der Waals surface area contributed by atoms with E-state index >= 15 is 0 Å². The maximum Gasteiger partial charge on any atom is 0.351 e. The van der Waals surface area contributed by atoms with Crippen LogP contribution >= 0.6 is 11.3 Å². The van der Waals surface area contributed by atoms with Crippen LogP contribution in [0.1, 0.15) is 26.0 Å². The third kappa shape index (κ3) is 8.32. The van der Waals surface area contributed by atoms with E-state index in [1.54, 1.807) is 12.1 Å². The molecule has 2 aliphatic heterocycles. The monoisotopic (exact) mass is 722 g/mol. The molecule has 19 nitrogen and oxygen atoms in total. The minimum absolute atomic E-state index is 0.0532. The summed E-state index contributed by atoms with van der Waals surface area (Å²) in [6, 6.07) is 5.63. The average molecular weight is 723 g/mol. The summed E-state index contributed by atoms with van der Waals surface area (Å²) in [5, 5.41) is 17.6. The Morgan fingerprint density at radius 3 is 2.61 bits per heavy atom. The minimum atomic E-state index is -5.27. The molecule has 2 aromatic heterocycles. The lowest BCUT2D eigenvalue weighted by Gasteiger charge is -2.51. The second-order valence-corrected chi connectivity index (χ2v) is 13.4. The van der Waals surface area contributed by atoms with Gasteiger partial charge in [-0.2, -0.15) is 14.0 Å². The van der Waals surface area contributed by atoms with E-state index in [0.29, 0.717) is 24.0 Å².